The summed E-state index contributed by atoms with van der Waals surface area (Å²) in [4.78, 5) is 41.4. The quantitative estimate of drug-likeness (QED) is 0.252. The van der Waals surface area contributed by atoms with E-state index in [4.69, 9.17) is 22.0 Å². The van der Waals surface area contributed by atoms with Gasteiger partial charge in [0.05, 0.1) is 22.0 Å². The van der Waals surface area contributed by atoms with Crippen molar-refractivity contribution in [3.8, 4) is 6.19 Å². The van der Waals surface area contributed by atoms with Crippen molar-refractivity contribution < 1.29 is 19.5 Å². The minimum absolute atomic E-state index is 0.0474. The molecule has 2 amide bonds. The van der Waals surface area contributed by atoms with E-state index in [0.717, 1.165) is 16.7 Å². The maximum Gasteiger partial charge on any atom is 0.335 e. The molecule has 10 heteroatoms. The van der Waals surface area contributed by atoms with Crippen LogP contribution in [0.3, 0.4) is 0 Å². The van der Waals surface area contributed by atoms with Crippen LogP contribution < -0.4 is 10.2 Å². The van der Waals surface area contributed by atoms with E-state index in [1.165, 1.54) is 24.3 Å². The number of anilines is 1. The first-order chi connectivity index (χ1) is 13.9. The third-order valence-electron chi connectivity index (χ3n) is 3.97. The van der Waals surface area contributed by atoms with Crippen molar-refractivity contribution in [1.29, 1.82) is 5.26 Å². The fraction of sp³-hybridized carbons (Fsp3) is 0.105. The highest BCUT2D eigenvalue weighted by molar-refractivity contribution is 8.15. The van der Waals surface area contributed by atoms with E-state index in [-0.39, 0.29) is 22.8 Å². The number of thioether (sulfide) groups is 1. The molecule has 0 aromatic heterocycles. The number of amidine groups is 1. The van der Waals surface area contributed by atoms with Gasteiger partial charge in [0.1, 0.15) is 5.25 Å². The molecule has 0 radical (unpaired) electrons. The Hall–Kier alpha value is -3.35. The maximum absolute atomic E-state index is 12.8. The fourth-order valence-electron chi connectivity index (χ4n) is 2.64. The Labute approximate surface area is 174 Å². The van der Waals surface area contributed by atoms with Gasteiger partial charge in [-0.2, -0.15) is 5.26 Å². The van der Waals surface area contributed by atoms with Gasteiger partial charge in [0.2, 0.25) is 11.8 Å². The van der Waals surface area contributed by atoms with Crippen molar-refractivity contribution >= 4 is 57.7 Å². The summed E-state index contributed by atoms with van der Waals surface area (Å²) in [5.41, 5.74) is 0.745. The topological polar surface area (TPSA) is 123 Å². The van der Waals surface area contributed by atoms with Crippen LogP contribution in [0, 0.1) is 11.5 Å². The minimum atomic E-state index is -1.10. The number of halogens is 1. The van der Waals surface area contributed by atoms with E-state index in [0.29, 0.717) is 10.7 Å². The SMILES string of the molecule is N#CNC(=Nc1ccccc1Cl)S[C@H]1CC(=O)N(c2ccc(C(=O)O)cc2)C1=O. The van der Waals surface area contributed by atoms with E-state index in [1.807, 2.05) is 0 Å². The lowest BCUT2D eigenvalue weighted by Gasteiger charge is -2.15. The first-order valence-corrected chi connectivity index (χ1v) is 9.51. The second-order valence-corrected chi connectivity index (χ2v) is 7.43. The van der Waals surface area contributed by atoms with Gasteiger partial charge in [-0.25, -0.2) is 14.7 Å². The standard InChI is InChI=1S/C19H13ClN4O4S/c20-13-3-1-2-4-14(13)23-19(22-10-21)29-15-9-16(25)24(17(15)26)12-7-5-11(6-8-12)18(27)28/h1-8,15H,9H2,(H,22,23)(H,27,28)/t15-/m0/s1. The number of hydrogen-bond donors (Lipinski definition) is 2. The molecule has 29 heavy (non-hydrogen) atoms. The van der Waals surface area contributed by atoms with Crippen LogP contribution in [-0.2, 0) is 9.59 Å². The van der Waals surface area contributed by atoms with Gasteiger partial charge in [-0.1, -0.05) is 35.5 Å². The van der Waals surface area contributed by atoms with Gasteiger partial charge in [-0.05, 0) is 36.4 Å². The number of para-hydroxylation sites is 1. The Morgan fingerprint density at radius 1 is 1.24 bits per heavy atom. The number of carbonyl (C=O) groups is 3. The molecule has 1 atom stereocenters. The van der Waals surface area contributed by atoms with E-state index in [2.05, 4.69) is 10.3 Å². The first kappa shape index (κ1) is 20.4. The Balaban J connectivity index is 1.81. The second-order valence-electron chi connectivity index (χ2n) is 5.84. The van der Waals surface area contributed by atoms with Crippen molar-refractivity contribution in [2.24, 2.45) is 4.99 Å². The molecular formula is C19H13ClN4O4S. The number of benzene rings is 2. The van der Waals surface area contributed by atoms with Gasteiger partial charge in [-0.15, -0.1) is 0 Å². The van der Waals surface area contributed by atoms with Gasteiger partial charge in [0.15, 0.2) is 11.4 Å². The number of rotatable bonds is 4. The molecule has 1 saturated heterocycles. The largest absolute Gasteiger partial charge is 0.478 e. The molecule has 0 bridgehead atoms. The predicted molar refractivity (Wildman–Crippen MR) is 109 cm³/mol. The van der Waals surface area contributed by atoms with Gasteiger partial charge in [0.25, 0.3) is 0 Å². The molecule has 1 aliphatic rings. The van der Waals surface area contributed by atoms with Crippen molar-refractivity contribution in [2.45, 2.75) is 11.7 Å². The summed E-state index contributed by atoms with van der Waals surface area (Å²) >= 11 is 7.03. The molecule has 0 saturated carbocycles. The number of carboxylic acid groups (broad SMARTS) is 1. The molecule has 1 heterocycles. The van der Waals surface area contributed by atoms with E-state index < -0.39 is 23.0 Å². The highest BCUT2D eigenvalue weighted by Gasteiger charge is 2.40. The summed E-state index contributed by atoms with van der Waals surface area (Å²) < 4.78 is 0. The number of carboxylic acids is 1. The predicted octanol–water partition coefficient (Wildman–Crippen LogP) is 3.16. The highest BCUT2D eigenvalue weighted by Crippen LogP contribution is 2.32. The lowest BCUT2D eigenvalue weighted by atomic mass is 10.2. The summed E-state index contributed by atoms with van der Waals surface area (Å²) in [6.07, 6.45) is 1.67. The monoisotopic (exact) mass is 428 g/mol. The molecule has 1 fully saturated rings. The molecule has 2 N–H and O–H groups in total. The van der Waals surface area contributed by atoms with Crippen molar-refractivity contribution in [3.63, 3.8) is 0 Å². The van der Waals surface area contributed by atoms with Crippen LogP contribution in [0.1, 0.15) is 16.8 Å². The Kier molecular flexibility index (Phi) is 6.16. The number of amides is 2. The van der Waals surface area contributed by atoms with Crippen molar-refractivity contribution in [1.82, 2.24) is 5.32 Å². The zero-order chi connectivity index (χ0) is 21.0. The summed E-state index contributed by atoms with van der Waals surface area (Å²) in [6, 6.07) is 12.2. The van der Waals surface area contributed by atoms with Crippen LogP contribution in [0.15, 0.2) is 53.5 Å². The molecular weight excluding hydrogens is 416 g/mol. The lowest BCUT2D eigenvalue weighted by molar-refractivity contribution is -0.121. The van der Waals surface area contributed by atoms with Crippen molar-refractivity contribution in [2.75, 3.05) is 4.90 Å². The number of carbonyl (C=O) groups excluding carboxylic acids is 2. The Morgan fingerprint density at radius 2 is 1.93 bits per heavy atom. The van der Waals surface area contributed by atoms with E-state index in [9.17, 15) is 14.4 Å². The molecule has 146 valence electrons. The van der Waals surface area contributed by atoms with Crippen LogP contribution in [0.2, 0.25) is 5.02 Å². The molecule has 2 aromatic carbocycles. The summed E-state index contributed by atoms with van der Waals surface area (Å²) in [5, 5.41) is 20.1. The molecule has 2 aromatic rings. The zero-order valence-corrected chi connectivity index (χ0v) is 16.3. The highest BCUT2D eigenvalue weighted by atomic mass is 35.5. The van der Waals surface area contributed by atoms with E-state index in [1.54, 1.807) is 30.5 Å². The molecule has 0 unspecified atom stereocenters. The van der Waals surface area contributed by atoms with Crippen LogP contribution in [0.4, 0.5) is 11.4 Å². The summed E-state index contributed by atoms with van der Waals surface area (Å²) in [6.45, 7) is 0. The minimum Gasteiger partial charge on any atom is -0.478 e. The summed E-state index contributed by atoms with van der Waals surface area (Å²) in [5.74, 6) is -2.01. The number of nitrogens with one attached hydrogen (secondary N) is 1. The van der Waals surface area contributed by atoms with Gasteiger partial charge in [0, 0.05) is 6.42 Å². The van der Waals surface area contributed by atoms with Gasteiger partial charge >= 0.3 is 5.97 Å². The molecule has 3 rings (SSSR count). The number of aromatic carboxylic acids is 1. The molecule has 0 aliphatic carbocycles. The number of nitriles is 1. The third kappa shape index (κ3) is 4.56. The van der Waals surface area contributed by atoms with Crippen molar-refractivity contribution in [3.05, 3.63) is 59.1 Å². The Morgan fingerprint density at radius 3 is 2.55 bits per heavy atom. The number of imide groups is 1. The first-order valence-electron chi connectivity index (χ1n) is 8.26. The maximum atomic E-state index is 12.8. The normalized spacial score (nSPS) is 16.6. The van der Waals surface area contributed by atoms with Gasteiger partial charge < -0.3 is 5.11 Å². The smallest absolute Gasteiger partial charge is 0.335 e. The molecule has 1 aliphatic heterocycles. The molecule has 8 nitrogen and oxygen atoms in total. The third-order valence-corrected chi connectivity index (χ3v) is 5.36. The van der Waals surface area contributed by atoms with Gasteiger partial charge in [-0.3, -0.25) is 14.9 Å². The van der Waals surface area contributed by atoms with E-state index >= 15 is 0 Å². The second kappa shape index (κ2) is 8.77. The van der Waals surface area contributed by atoms with Crippen LogP contribution in [0.25, 0.3) is 0 Å². The van der Waals surface area contributed by atoms with Crippen LogP contribution >= 0.6 is 23.4 Å². The zero-order valence-electron chi connectivity index (χ0n) is 14.7. The average Bonchev–Trinajstić information content (AvgIpc) is 2.97. The van der Waals surface area contributed by atoms with Crippen LogP contribution in [0.5, 0.6) is 0 Å². The fourth-order valence-corrected chi connectivity index (χ4v) is 3.77. The number of nitrogens with zero attached hydrogens (tertiary/aromatic N) is 3. The van der Waals surface area contributed by atoms with Crippen LogP contribution in [-0.4, -0.2) is 33.3 Å². The number of aliphatic imine (C=N–C) groups is 1. The summed E-state index contributed by atoms with van der Waals surface area (Å²) in [7, 11) is 0. The Bertz CT molecular complexity index is 1050. The molecule has 0 spiro atoms. The number of hydrogen-bond acceptors (Lipinski definition) is 6. The average molecular weight is 429 g/mol. The lowest BCUT2D eigenvalue weighted by Crippen LogP contribution is -2.32.